The average Bonchev–Trinajstić information content (AvgIpc) is 2.29. The highest BCUT2D eigenvalue weighted by Crippen LogP contribution is 2.18. The lowest BCUT2D eigenvalue weighted by molar-refractivity contribution is 0.0940. The molecule has 0 heterocycles. The average molecular weight is 285 g/mol. The molecule has 0 aromatic heterocycles. The summed E-state index contributed by atoms with van der Waals surface area (Å²) >= 11 is 2.99. The van der Waals surface area contributed by atoms with Gasteiger partial charge in [0.15, 0.2) is 0 Å². The maximum atomic E-state index is 13.5. The molecule has 1 N–H and O–H groups in total. The summed E-state index contributed by atoms with van der Waals surface area (Å²) in [5, 5.41) is 11.1. The van der Waals surface area contributed by atoms with E-state index in [0.717, 1.165) is 0 Å². The van der Waals surface area contributed by atoms with E-state index in [2.05, 4.69) is 21.2 Å². The maximum Gasteiger partial charge on any atom is 0.255 e. The highest BCUT2D eigenvalue weighted by Gasteiger charge is 2.16. The summed E-state index contributed by atoms with van der Waals surface area (Å²) in [5.41, 5.74) is -0.0666. The van der Waals surface area contributed by atoms with E-state index in [1.165, 1.54) is 12.1 Å². The van der Waals surface area contributed by atoms with Crippen LogP contribution >= 0.6 is 15.9 Å². The van der Waals surface area contributed by atoms with E-state index >= 15 is 0 Å². The molecule has 0 bridgehead atoms. The number of hydrogen-bond donors (Lipinski definition) is 1. The van der Waals surface area contributed by atoms with Crippen LogP contribution in [-0.2, 0) is 0 Å². The largest absolute Gasteiger partial charge is 0.336 e. The van der Waals surface area contributed by atoms with Gasteiger partial charge in [-0.3, -0.25) is 4.79 Å². The minimum atomic E-state index is -0.618. The summed E-state index contributed by atoms with van der Waals surface area (Å²) in [5.74, 6) is -1.19. The first-order valence-corrected chi connectivity index (χ1v) is 5.54. The molecule has 0 saturated carbocycles. The van der Waals surface area contributed by atoms with Crippen molar-refractivity contribution in [1.29, 1.82) is 5.26 Å². The third kappa shape index (κ3) is 2.80. The zero-order chi connectivity index (χ0) is 12.1. The first-order chi connectivity index (χ1) is 7.60. The van der Waals surface area contributed by atoms with Crippen LogP contribution in [0.1, 0.15) is 23.7 Å². The van der Waals surface area contributed by atoms with Crippen LogP contribution in [0.5, 0.6) is 0 Å². The molecule has 1 aromatic rings. The van der Waals surface area contributed by atoms with Crippen LogP contribution in [0.4, 0.5) is 4.39 Å². The Kier molecular flexibility index (Phi) is 4.44. The molecule has 1 atom stereocenters. The third-order valence-electron chi connectivity index (χ3n) is 2.07. The predicted molar refractivity (Wildman–Crippen MR) is 61.3 cm³/mol. The van der Waals surface area contributed by atoms with Crippen LogP contribution in [0, 0.1) is 17.1 Å². The fourth-order valence-corrected chi connectivity index (χ4v) is 1.51. The number of nitriles is 1. The van der Waals surface area contributed by atoms with E-state index in [4.69, 9.17) is 5.26 Å². The molecule has 84 valence electrons. The van der Waals surface area contributed by atoms with Gasteiger partial charge in [0.2, 0.25) is 0 Å². The second kappa shape index (κ2) is 5.61. The SMILES string of the molecule is CCC(C#N)NC(=O)c1cccc(Br)c1F. The van der Waals surface area contributed by atoms with Gasteiger partial charge in [0, 0.05) is 0 Å². The Morgan fingerprint density at radius 3 is 2.94 bits per heavy atom. The molecule has 0 radical (unpaired) electrons. The normalized spacial score (nSPS) is 11.6. The third-order valence-corrected chi connectivity index (χ3v) is 2.68. The van der Waals surface area contributed by atoms with Gasteiger partial charge in [0.25, 0.3) is 5.91 Å². The molecule has 1 rings (SSSR count). The van der Waals surface area contributed by atoms with Crippen molar-refractivity contribution >= 4 is 21.8 Å². The Labute approximate surface area is 101 Å². The smallest absolute Gasteiger partial charge is 0.255 e. The molecule has 0 aliphatic carbocycles. The molecule has 1 aromatic carbocycles. The molecule has 0 saturated heterocycles. The van der Waals surface area contributed by atoms with Gasteiger partial charge in [-0.2, -0.15) is 5.26 Å². The standard InChI is InChI=1S/C11H10BrFN2O/c1-2-7(6-14)15-11(16)8-4-3-5-9(12)10(8)13/h3-5,7H,2H2,1H3,(H,15,16). The van der Waals surface area contributed by atoms with E-state index < -0.39 is 17.8 Å². The monoisotopic (exact) mass is 284 g/mol. The number of amides is 1. The molecule has 5 heteroatoms. The van der Waals surface area contributed by atoms with Crippen LogP contribution in [0.15, 0.2) is 22.7 Å². The quantitative estimate of drug-likeness (QED) is 0.928. The number of halogens is 2. The van der Waals surface area contributed by atoms with Gasteiger partial charge in [-0.05, 0) is 34.5 Å². The second-order valence-electron chi connectivity index (χ2n) is 3.16. The Balaban J connectivity index is 2.90. The number of benzene rings is 1. The first kappa shape index (κ1) is 12.7. The second-order valence-corrected chi connectivity index (χ2v) is 4.02. The van der Waals surface area contributed by atoms with Crippen LogP contribution in [0.25, 0.3) is 0 Å². The summed E-state index contributed by atoms with van der Waals surface area (Å²) in [7, 11) is 0. The Bertz CT molecular complexity index is 442. The zero-order valence-corrected chi connectivity index (χ0v) is 10.2. The molecule has 0 spiro atoms. The van der Waals surface area contributed by atoms with Gasteiger partial charge >= 0.3 is 0 Å². The van der Waals surface area contributed by atoms with Gasteiger partial charge in [-0.25, -0.2) is 4.39 Å². The fraction of sp³-hybridized carbons (Fsp3) is 0.273. The van der Waals surface area contributed by atoms with Crippen molar-refractivity contribution in [1.82, 2.24) is 5.32 Å². The lowest BCUT2D eigenvalue weighted by Gasteiger charge is -2.09. The van der Waals surface area contributed by atoms with E-state index in [9.17, 15) is 9.18 Å². The molecular weight excluding hydrogens is 275 g/mol. The Morgan fingerprint density at radius 1 is 1.69 bits per heavy atom. The number of hydrogen-bond acceptors (Lipinski definition) is 2. The molecule has 0 fully saturated rings. The van der Waals surface area contributed by atoms with Crippen molar-refractivity contribution in [3.63, 3.8) is 0 Å². The van der Waals surface area contributed by atoms with Crippen molar-refractivity contribution < 1.29 is 9.18 Å². The fourth-order valence-electron chi connectivity index (χ4n) is 1.14. The van der Waals surface area contributed by atoms with Crippen LogP contribution in [0.2, 0.25) is 0 Å². The molecule has 1 unspecified atom stereocenters. The molecule has 0 aliphatic heterocycles. The lowest BCUT2D eigenvalue weighted by atomic mass is 10.1. The number of rotatable bonds is 3. The highest BCUT2D eigenvalue weighted by atomic mass is 79.9. The van der Waals surface area contributed by atoms with Crippen molar-refractivity contribution in [2.75, 3.05) is 0 Å². The van der Waals surface area contributed by atoms with E-state index in [1.807, 2.05) is 6.07 Å². The van der Waals surface area contributed by atoms with Crippen molar-refractivity contribution in [2.45, 2.75) is 19.4 Å². The molecule has 3 nitrogen and oxygen atoms in total. The van der Waals surface area contributed by atoms with Crippen LogP contribution in [-0.4, -0.2) is 11.9 Å². The van der Waals surface area contributed by atoms with E-state index in [-0.39, 0.29) is 10.0 Å². The maximum absolute atomic E-state index is 13.5. The summed E-state index contributed by atoms with van der Waals surface area (Å²) in [6, 6.07) is 5.78. The van der Waals surface area contributed by atoms with Crippen LogP contribution in [0.3, 0.4) is 0 Å². The zero-order valence-electron chi connectivity index (χ0n) is 8.63. The van der Waals surface area contributed by atoms with Crippen molar-refractivity contribution in [3.8, 4) is 6.07 Å². The van der Waals surface area contributed by atoms with Crippen LogP contribution < -0.4 is 5.32 Å². The number of carbonyl (C=O) groups is 1. The minimum absolute atomic E-state index is 0.0666. The van der Waals surface area contributed by atoms with Gasteiger partial charge in [-0.15, -0.1) is 0 Å². The Morgan fingerprint density at radius 2 is 2.38 bits per heavy atom. The molecule has 1 amide bonds. The summed E-state index contributed by atoms with van der Waals surface area (Å²) in [6.45, 7) is 1.77. The summed E-state index contributed by atoms with van der Waals surface area (Å²) in [6.07, 6.45) is 0.484. The van der Waals surface area contributed by atoms with E-state index in [0.29, 0.717) is 6.42 Å². The Hall–Kier alpha value is -1.41. The van der Waals surface area contributed by atoms with E-state index in [1.54, 1.807) is 13.0 Å². The predicted octanol–water partition coefficient (Wildman–Crippen LogP) is 2.62. The lowest BCUT2D eigenvalue weighted by Crippen LogP contribution is -2.33. The summed E-state index contributed by atoms with van der Waals surface area (Å²) < 4.78 is 13.7. The number of carbonyl (C=O) groups excluding carboxylic acids is 1. The van der Waals surface area contributed by atoms with Gasteiger partial charge in [0.05, 0.1) is 16.1 Å². The van der Waals surface area contributed by atoms with Gasteiger partial charge in [-0.1, -0.05) is 13.0 Å². The number of nitrogens with zero attached hydrogens (tertiary/aromatic N) is 1. The van der Waals surface area contributed by atoms with Crippen molar-refractivity contribution in [2.24, 2.45) is 0 Å². The molecule has 16 heavy (non-hydrogen) atoms. The topological polar surface area (TPSA) is 52.9 Å². The first-order valence-electron chi connectivity index (χ1n) is 4.74. The number of nitrogens with one attached hydrogen (secondary N) is 1. The molecular formula is C11H10BrFN2O. The highest BCUT2D eigenvalue weighted by molar-refractivity contribution is 9.10. The van der Waals surface area contributed by atoms with Gasteiger partial charge < -0.3 is 5.32 Å². The van der Waals surface area contributed by atoms with Crippen molar-refractivity contribution in [3.05, 3.63) is 34.1 Å². The minimum Gasteiger partial charge on any atom is -0.336 e. The summed E-state index contributed by atoms with van der Waals surface area (Å²) in [4.78, 5) is 11.6. The molecule has 0 aliphatic rings. The van der Waals surface area contributed by atoms with Gasteiger partial charge in [0.1, 0.15) is 11.9 Å².